The van der Waals surface area contributed by atoms with Crippen LogP contribution in [0.2, 0.25) is 0 Å². The fourth-order valence-electron chi connectivity index (χ4n) is 3.48. The molecule has 2 atom stereocenters. The van der Waals surface area contributed by atoms with Crippen LogP contribution >= 0.6 is 0 Å². The summed E-state index contributed by atoms with van der Waals surface area (Å²) in [6.07, 6.45) is 0.00777. The molecular weight excluding hydrogens is 290 g/mol. The minimum Gasteiger partial charge on any atom is -0.351 e. The molecule has 4 nitrogen and oxygen atoms in total. The first-order valence-corrected chi connectivity index (χ1v) is 7.75. The van der Waals surface area contributed by atoms with Crippen molar-refractivity contribution in [3.8, 4) is 0 Å². The second-order valence-electron chi connectivity index (χ2n) is 6.27. The lowest BCUT2D eigenvalue weighted by Crippen LogP contribution is -2.44. The van der Waals surface area contributed by atoms with Crippen molar-refractivity contribution in [2.75, 3.05) is 5.32 Å². The molecule has 1 N–H and O–H groups in total. The SMILES string of the molecule is Cc1ccc2c(c1)[C@@]1(CC(=O)C[C@H](c3ccccc3)O1)C(=O)N2. The number of anilines is 1. The number of rotatable bonds is 1. The highest BCUT2D eigenvalue weighted by Gasteiger charge is 2.53. The number of fused-ring (bicyclic) bond motifs is 2. The van der Waals surface area contributed by atoms with Gasteiger partial charge in [0.2, 0.25) is 0 Å². The Hall–Kier alpha value is -2.46. The average Bonchev–Trinajstić information content (AvgIpc) is 2.80. The maximum atomic E-state index is 12.7. The number of aryl methyl sites for hydroxylation is 1. The molecule has 0 bridgehead atoms. The highest BCUT2D eigenvalue weighted by Crippen LogP contribution is 2.48. The van der Waals surface area contributed by atoms with E-state index in [-0.39, 0.29) is 18.1 Å². The van der Waals surface area contributed by atoms with Crippen molar-refractivity contribution in [3.63, 3.8) is 0 Å². The van der Waals surface area contributed by atoms with E-state index in [0.29, 0.717) is 6.42 Å². The molecule has 116 valence electrons. The molecule has 1 spiro atoms. The van der Waals surface area contributed by atoms with Crippen LogP contribution in [0.4, 0.5) is 5.69 Å². The first-order valence-electron chi connectivity index (χ1n) is 7.75. The summed E-state index contributed by atoms with van der Waals surface area (Å²) in [4.78, 5) is 25.0. The number of carbonyl (C=O) groups excluding carboxylic acids is 2. The van der Waals surface area contributed by atoms with Gasteiger partial charge in [-0.1, -0.05) is 48.0 Å². The topological polar surface area (TPSA) is 55.4 Å². The second kappa shape index (κ2) is 5.03. The number of hydrogen-bond acceptors (Lipinski definition) is 3. The fourth-order valence-corrected chi connectivity index (χ4v) is 3.48. The Balaban J connectivity index is 1.80. The molecule has 0 saturated carbocycles. The van der Waals surface area contributed by atoms with Crippen molar-refractivity contribution in [2.24, 2.45) is 0 Å². The van der Waals surface area contributed by atoms with Crippen LogP contribution in [-0.4, -0.2) is 11.7 Å². The van der Waals surface area contributed by atoms with E-state index < -0.39 is 11.7 Å². The standard InChI is InChI=1S/C19H17NO3/c1-12-7-8-16-15(9-12)19(18(22)20-16)11-14(21)10-17(23-19)13-5-3-2-4-6-13/h2-9,17H,10-11H2,1H3,(H,20,22)/t17-,19+/m1/s1. The van der Waals surface area contributed by atoms with E-state index in [1.165, 1.54) is 0 Å². The Morgan fingerprint density at radius 3 is 2.70 bits per heavy atom. The number of benzene rings is 2. The molecule has 2 heterocycles. The van der Waals surface area contributed by atoms with Gasteiger partial charge in [0.1, 0.15) is 5.78 Å². The highest BCUT2D eigenvalue weighted by atomic mass is 16.5. The number of amides is 1. The lowest BCUT2D eigenvalue weighted by atomic mass is 9.83. The summed E-state index contributed by atoms with van der Waals surface area (Å²) in [5.74, 6) is -0.193. The van der Waals surface area contributed by atoms with Gasteiger partial charge in [-0.05, 0) is 18.6 Å². The number of hydrogen-bond donors (Lipinski definition) is 1. The molecule has 1 amide bonds. The average molecular weight is 307 g/mol. The van der Waals surface area contributed by atoms with E-state index in [2.05, 4.69) is 5.32 Å². The van der Waals surface area contributed by atoms with E-state index in [1.54, 1.807) is 0 Å². The van der Waals surface area contributed by atoms with E-state index in [9.17, 15) is 9.59 Å². The quantitative estimate of drug-likeness (QED) is 0.880. The summed E-state index contributed by atoms with van der Waals surface area (Å²) in [7, 11) is 0. The molecule has 1 fully saturated rings. The Morgan fingerprint density at radius 2 is 1.91 bits per heavy atom. The van der Waals surface area contributed by atoms with Gasteiger partial charge < -0.3 is 10.1 Å². The molecule has 0 unspecified atom stereocenters. The van der Waals surface area contributed by atoms with Gasteiger partial charge in [0.15, 0.2) is 5.60 Å². The molecule has 4 rings (SSSR count). The zero-order chi connectivity index (χ0) is 16.0. The van der Waals surface area contributed by atoms with Crippen LogP contribution in [0.15, 0.2) is 48.5 Å². The zero-order valence-corrected chi connectivity index (χ0v) is 12.8. The first-order chi connectivity index (χ1) is 11.1. The third kappa shape index (κ3) is 2.18. The van der Waals surface area contributed by atoms with Gasteiger partial charge in [-0.3, -0.25) is 9.59 Å². The molecule has 2 aliphatic rings. The predicted octanol–water partition coefficient (Wildman–Crippen LogP) is 3.26. The fraction of sp³-hybridized carbons (Fsp3) is 0.263. The van der Waals surface area contributed by atoms with Crippen LogP contribution in [0.1, 0.15) is 35.6 Å². The van der Waals surface area contributed by atoms with Crippen LogP contribution < -0.4 is 5.32 Å². The van der Waals surface area contributed by atoms with Crippen LogP contribution in [0, 0.1) is 6.92 Å². The van der Waals surface area contributed by atoms with Gasteiger partial charge >= 0.3 is 0 Å². The normalized spacial score (nSPS) is 26.2. The van der Waals surface area contributed by atoms with Crippen molar-refractivity contribution in [3.05, 3.63) is 65.2 Å². The Bertz CT molecular complexity index is 800. The Labute approximate surface area is 134 Å². The van der Waals surface area contributed by atoms with Crippen molar-refractivity contribution < 1.29 is 14.3 Å². The van der Waals surface area contributed by atoms with Crippen LogP contribution in [0.25, 0.3) is 0 Å². The smallest absolute Gasteiger partial charge is 0.261 e. The Kier molecular flexibility index (Phi) is 3.10. The molecule has 4 heteroatoms. The number of carbonyl (C=O) groups is 2. The summed E-state index contributed by atoms with van der Waals surface area (Å²) in [5.41, 5.74) is 2.28. The van der Waals surface area contributed by atoms with Gasteiger partial charge in [-0.2, -0.15) is 0 Å². The van der Waals surface area contributed by atoms with Crippen LogP contribution in [0.5, 0.6) is 0 Å². The zero-order valence-electron chi connectivity index (χ0n) is 12.8. The summed E-state index contributed by atoms with van der Waals surface area (Å²) in [6.45, 7) is 1.97. The molecule has 2 aromatic rings. The molecule has 2 aromatic carbocycles. The molecule has 1 saturated heterocycles. The minimum atomic E-state index is -1.20. The summed E-state index contributed by atoms with van der Waals surface area (Å²) < 4.78 is 6.25. The monoisotopic (exact) mass is 307 g/mol. The number of nitrogens with one attached hydrogen (secondary N) is 1. The van der Waals surface area contributed by atoms with Gasteiger partial charge in [0.25, 0.3) is 5.91 Å². The van der Waals surface area contributed by atoms with Crippen molar-refractivity contribution >= 4 is 17.4 Å². The van der Waals surface area contributed by atoms with E-state index >= 15 is 0 Å². The van der Waals surface area contributed by atoms with Crippen LogP contribution in [-0.2, 0) is 19.9 Å². The maximum absolute atomic E-state index is 12.7. The lowest BCUT2D eigenvalue weighted by molar-refractivity contribution is -0.170. The van der Waals surface area contributed by atoms with Gasteiger partial charge in [0, 0.05) is 24.1 Å². The Morgan fingerprint density at radius 1 is 1.13 bits per heavy atom. The number of ether oxygens (including phenoxy) is 1. The first kappa shape index (κ1) is 14.2. The third-order valence-corrected chi connectivity index (χ3v) is 4.60. The summed E-state index contributed by atoms with van der Waals surface area (Å²) in [5, 5.41) is 2.86. The van der Waals surface area contributed by atoms with Crippen molar-refractivity contribution in [1.29, 1.82) is 0 Å². The largest absolute Gasteiger partial charge is 0.351 e. The van der Waals surface area contributed by atoms with Gasteiger partial charge in [-0.25, -0.2) is 0 Å². The predicted molar refractivity (Wildman–Crippen MR) is 86.0 cm³/mol. The maximum Gasteiger partial charge on any atom is 0.261 e. The van der Waals surface area contributed by atoms with Crippen molar-refractivity contribution in [1.82, 2.24) is 0 Å². The molecule has 0 aromatic heterocycles. The minimum absolute atomic E-state index is 0.0506. The molecule has 23 heavy (non-hydrogen) atoms. The molecule has 0 radical (unpaired) electrons. The third-order valence-electron chi connectivity index (χ3n) is 4.60. The van der Waals surface area contributed by atoms with E-state index in [1.807, 2.05) is 55.5 Å². The van der Waals surface area contributed by atoms with Crippen LogP contribution in [0.3, 0.4) is 0 Å². The van der Waals surface area contributed by atoms with E-state index in [0.717, 1.165) is 22.4 Å². The van der Waals surface area contributed by atoms with Gasteiger partial charge in [-0.15, -0.1) is 0 Å². The van der Waals surface area contributed by atoms with Crippen molar-refractivity contribution in [2.45, 2.75) is 31.5 Å². The van der Waals surface area contributed by atoms with E-state index in [4.69, 9.17) is 4.74 Å². The number of ketones is 1. The molecular formula is C19H17NO3. The summed E-state index contributed by atoms with van der Waals surface area (Å²) in [6, 6.07) is 15.4. The highest BCUT2D eigenvalue weighted by molar-refractivity contribution is 6.08. The summed E-state index contributed by atoms with van der Waals surface area (Å²) >= 11 is 0. The lowest BCUT2D eigenvalue weighted by Gasteiger charge is -2.36. The van der Waals surface area contributed by atoms with Gasteiger partial charge in [0.05, 0.1) is 6.10 Å². The molecule has 0 aliphatic carbocycles. The number of Topliss-reactive ketones (excluding diaryl/α,β-unsaturated/α-hetero) is 1. The molecule has 2 aliphatic heterocycles. The second-order valence-corrected chi connectivity index (χ2v) is 6.27.